The van der Waals surface area contributed by atoms with E-state index in [-0.39, 0.29) is 5.41 Å². The molecule has 2 nitrogen and oxygen atoms in total. The van der Waals surface area contributed by atoms with Crippen molar-refractivity contribution < 1.29 is 0 Å². The van der Waals surface area contributed by atoms with Crippen LogP contribution in [0, 0.1) is 13.8 Å². The first-order valence-electron chi connectivity index (χ1n) is 21.9. The maximum Gasteiger partial charge on any atom is 0.0988 e. The highest BCUT2D eigenvalue weighted by Crippen LogP contribution is 2.56. The van der Waals surface area contributed by atoms with E-state index >= 15 is 0 Å². The number of fused-ring (bicyclic) bond motifs is 4. The minimum absolute atomic E-state index is 0.0559. The average Bonchev–Trinajstić information content (AvgIpc) is 4.01. The molecule has 0 aliphatic heterocycles. The third-order valence-electron chi connectivity index (χ3n) is 12.5. The van der Waals surface area contributed by atoms with E-state index in [0.717, 1.165) is 44.7 Å². The highest BCUT2D eigenvalue weighted by atomic mass is 32.1. The van der Waals surface area contributed by atoms with E-state index in [1.807, 2.05) is 22.7 Å². The van der Waals surface area contributed by atoms with Crippen LogP contribution in [0.1, 0.15) is 99.6 Å². The zero-order valence-electron chi connectivity index (χ0n) is 35.0. The lowest BCUT2D eigenvalue weighted by molar-refractivity contribution is 0.401. The smallest absolute Gasteiger partial charge is 0.0988 e. The third kappa shape index (κ3) is 7.62. The van der Waals surface area contributed by atoms with Crippen LogP contribution in [0.3, 0.4) is 0 Å². The van der Waals surface area contributed by atoms with Crippen LogP contribution in [-0.2, 0) is 5.41 Å². The number of hydrogen-bond donors (Lipinski definition) is 0. The molecule has 5 aromatic carbocycles. The largest absolute Gasteiger partial charge is 0.243 e. The molecular formula is C55H54N2S2. The van der Waals surface area contributed by atoms with Gasteiger partial charge in [-0.1, -0.05) is 174 Å². The van der Waals surface area contributed by atoms with E-state index in [4.69, 9.17) is 9.97 Å². The summed E-state index contributed by atoms with van der Waals surface area (Å²) >= 11 is 3.69. The van der Waals surface area contributed by atoms with Gasteiger partial charge in [0.05, 0.1) is 22.4 Å². The second-order valence-corrected chi connectivity index (χ2v) is 19.0. The predicted octanol–water partition coefficient (Wildman–Crippen LogP) is 16.9. The van der Waals surface area contributed by atoms with Gasteiger partial charge in [-0.2, -0.15) is 0 Å². The molecule has 296 valence electrons. The molecule has 9 rings (SSSR count). The summed E-state index contributed by atoms with van der Waals surface area (Å²) in [5.41, 5.74) is 16.8. The Hall–Kier alpha value is -5.16. The number of nitrogens with zero attached hydrogens (tertiary/aromatic N) is 2. The van der Waals surface area contributed by atoms with Crippen molar-refractivity contribution in [2.75, 3.05) is 0 Å². The van der Waals surface area contributed by atoms with Crippen LogP contribution in [0.4, 0.5) is 0 Å². The van der Waals surface area contributed by atoms with E-state index in [2.05, 4.69) is 161 Å². The molecule has 0 atom stereocenters. The number of benzene rings is 5. The Morgan fingerprint density at radius 1 is 0.441 bits per heavy atom. The molecule has 1 aliphatic carbocycles. The summed E-state index contributed by atoms with van der Waals surface area (Å²) in [5, 5.41) is 0. The normalized spacial score (nSPS) is 12.9. The first kappa shape index (κ1) is 39.3. The summed E-state index contributed by atoms with van der Waals surface area (Å²) in [6.07, 6.45) is 12.7. The summed E-state index contributed by atoms with van der Waals surface area (Å²) in [7, 11) is 0. The number of aryl methyl sites for hydroxylation is 2. The van der Waals surface area contributed by atoms with E-state index in [1.165, 1.54) is 106 Å². The molecule has 0 radical (unpaired) electrons. The van der Waals surface area contributed by atoms with Gasteiger partial charge in [0.15, 0.2) is 0 Å². The van der Waals surface area contributed by atoms with Crippen molar-refractivity contribution in [3.63, 3.8) is 0 Å². The van der Waals surface area contributed by atoms with Crippen molar-refractivity contribution in [1.82, 2.24) is 9.97 Å². The Morgan fingerprint density at radius 2 is 0.949 bits per heavy atom. The highest BCUT2D eigenvalue weighted by Gasteiger charge is 2.42. The summed E-state index contributed by atoms with van der Waals surface area (Å²) in [6, 6.07) is 49.4. The van der Waals surface area contributed by atoms with Crippen molar-refractivity contribution in [1.29, 1.82) is 0 Å². The second-order valence-electron chi connectivity index (χ2n) is 16.6. The second kappa shape index (κ2) is 17.2. The van der Waals surface area contributed by atoms with Crippen LogP contribution in [0.2, 0.25) is 0 Å². The minimum atomic E-state index is 0.0559. The Labute approximate surface area is 359 Å². The minimum Gasteiger partial charge on any atom is -0.243 e. The van der Waals surface area contributed by atoms with E-state index in [1.54, 1.807) is 11.1 Å². The van der Waals surface area contributed by atoms with Gasteiger partial charge >= 0.3 is 0 Å². The molecule has 0 bridgehead atoms. The topological polar surface area (TPSA) is 25.8 Å². The predicted molar refractivity (Wildman–Crippen MR) is 256 cm³/mol. The highest BCUT2D eigenvalue weighted by molar-refractivity contribution is 7.19. The molecule has 1 aliphatic rings. The lowest BCUT2D eigenvalue weighted by Gasteiger charge is -2.33. The number of rotatable bonds is 15. The van der Waals surface area contributed by atoms with E-state index < -0.39 is 0 Å². The van der Waals surface area contributed by atoms with Crippen LogP contribution in [0.25, 0.3) is 76.0 Å². The summed E-state index contributed by atoms with van der Waals surface area (Å²) in [5.74, 6) is 0. The maximum atomic E-state index is 5.60. The van der Waals surface area contributed by atoms with Crippen LogP contribution in [0.5, 0.6) is 0 Å². The summed E-state index contributed by atoms with van der Waals surface area (Å²) in [4.78, 5) is 16.2. The molecule has 4 heteroatoms. The third-order valence-corrected chi connectivity index (χ3v) is 14.7. The fraction of sp³-hybridized carbons (Fsp3) is 0.273. The fourth-order valence-electron chi connectivity index (χ4n) is 9.48. The van der Waals surface area contributed by atoms with Gasteiger partial charge in [-0.25, -0.2) is 9.97 Å². The van der Waals surface area contributed by atoms with Gasteiger partial charge in [-0.3, -0.25) is 0 Å². The Morgan fingerprint density at radius 3 is 1.51 bits per heavy atom. The Bertz CT molecular complexity index is 2710. The van der Waals surface area contributed by atoms with Crippen molar-refractivity contribution in [2.45, 2.75) is 97.3 Å². The quantitative estimate of drug-likeness (QED) is 0.0965. The van der Waals surface area contributed by atoms with Gasteiger partial charge in [0.1, 0.15) is 0 Å². The van der Waals surface area contributed by atoms with E-state index in [9.17, 15) is 0 Å². The maximum absolute atomic E-state index is 5.60. The molecule has 0 amide bonds. The summed E-state index contributed by atoms with van der Waals surface area (Å²) in [6.45, 7) is 9.09. The standard InChI is InChI=1S/C55H54N2S2/c1-5-7-9-17-33-55(34-18-10-8-6-2)46-35-37(3)23-26-42(46)43-27-25-41(36-47(43)55)48-31-32-50(59-48)45-29-28-44(49-30-24-38(4)58-49)53-54(45)57-52(40-21-15-12-16-22-40)51(56-53)39-19-13-11-14-20-39/h11-16,19-32,35-36H,5-10,17-18,33-34H2,1-4H3. The molecule has 3 heterocycles. The molecule has 3 aromatic heterocycles. The molecule has 0 fully saturated rings. The Balaban J connectivity index is 1.18. The van der Waals surface area contributed by atoms with E-state index in [0.29, 0.717) is 0 Å². The molecule has 0 N–H and O–H groups in total. The van der Waals surface area contributed by atoms with Gasteiger partial charge in [-0.15, -0.1) is 22.7 Å². The van der Waals surface area contributed by atoms with Crippen molar-refractivity contribution >= 4 is 33.7 Å². The molecule has 59 heavy (non-hydrogen) atoms. The molecule has 8 aromatic rings. The fourth-order valence-corrected chi connectivity index (χ4v) is 11.4. The molecule has 0 unspecified atom stereocenters. The summed E-state index contributed by atoms with van der Waals surface area (Å²) < 4.78 is 0. The monoisotopic (exact) mass is 806 g/mol. The average molecular weight is 807 g/mol. The molecular weight excluding hydrogens is 753 g/mol. The van der Waals surface area contributed by atoms with Crippen LogP contribution in [0.15, 0.2) is 133 Å². The van der Waals surface area contributed by atoms with Crippen molar-refractivity contribution in [3.8, 4) is 65.0 Å². The van der Waals surface area contributed by atoms with Crippen molar-refractivity contribution in [2.24, 2.45) is 0 Å². The first-order valence-corrected chi connectivity index (χ1v) is 23.5. The van der Waals surface area contributed by atoms with Crippen LogP contribution < -0.4 is 0 Å². The SMILES string of the molecule is CCCCCCC1(CCCCCC)c2cc(C)ccc2-c2ccc(-c3ccc(-c4ccc(-c5ccc(C)s5)c5nc(-c6ccccc6)c(-c6ccccc6)nc45)s3)cc21. The zero-order chi connectivity index (χ0) is 40.3. The molecule has 0 spiro atoms. The Kier molecular flexibility index (Phi) is 11.5. The first-order chi connectivity index (χ1) is 29.0. The lowest BCUT2D eigenvalue weighted by atomic mass is 9.70. The van der Waals surface area contributed by atoms with Gasteiger partial charge in [0, 0.05) is 47.2 Å². The number of aromatic nitrogens is 2. The molecule has 0 saturated carbocycles. The van der Waals surface area contributed by atoms with Crippen LogP contribution in [-0.4, -0.2) is 9.97 Å². The van der Waals surface area contributed by atoms with Crippen molar-refractivity contribution in [3.05, 3.63) is 155 Å². The molecule has 0 saturated heterocycles. The number of thiophene rings is 2. The lowest BCUT2D eigenvalue weighted by Crippen LogP contribution is -2.25. The zero-order valence-corrected chi connectivity index (χ0v) is 36.6. The number of hydrogen-bond acceptors (Lipinski definition) is 4. The van der Waals surface area contributed by atoms with Gasteiger partial charge in [-0.05, 0) is 84.8 Å². The van der Waals surface area contributed by atoms with Crippen LogP contribution >= 0.6 is 22.7 Å². The van der Waals surface area contributed by atoms with Gasteiger partial charge in [0.2, 0.25) is 0 Å². The number of unbranched alkanes of at least 4 members (excludes halogenated alkanes) is 6. The van der Waals surface area contributed by atoms with Gasteiger partial charge in [0.25, 0.3) is 0 Å². The van der Waals surface area contributed by atoms with Gasteiger partial charge < -0.3 is 0 Å².